The molecule has 0 unspecified atom stereocenters. The van der Waals surface area contributed by atoms with E-state index in [0.29, 0.717) is 17.0 Å². The standard InChI is InChI=1S/C27H33FN2/c1-4-9-21-14-16-22(17-15-21)18-30-20(3)25(24-13-8-10-19(2)26(24)28)27(29-30)23-11-6-5-7-12-23/h5-8,10-13,21-22H,4,9,14-18H2,1-3H3. The van der Waals surface area contributed by atoms with Crippen LogP contribution in [0.15, 0.2) is 48.5 Å². The summed E-state index contributed by atoms with van der Waals surface area (Å²) in [5.74, 6) is 1.43. The molecule has 3 aromatic rings. The Bertz CT molecular complexity index is 982. The molecule has 2 nitrogen and oxygen atoms in total. The van der Waals surface area contributed by atoms with Crippen molar-refractivity contribution >= 4 is 0 Å². The molecular weight excluding hydrogens is 371 g/mol. The first kappa shape index (κ1) is 20.8. The third-order valence-corrected chi connectivity index (χ3v) is 6.81. The van der Waals surface area contributed by atoms with Gasteiger partial charge in [0.2, 0.25) is 0 Å². The van der Waals surface area contributed by atoms with E-state index in [4.69, 9.17) is 5.10 Å². The largest absolute Gasteiger partial charge is 0.268 e. The van der Waals surface area contributed by atoms with Crippen molar-refractivity contribution in [3.8, 4) is 22.4 Å². The van der Waals surface area contributed by atoms with Crippen molar-refractivity contribution in [2.45, 2.75) is 65.8 Å². The number of aryl methyl sites for hydroxylation is 1. The van der Waals surface area contributed by atoms with Crippen molar-refractivity contribution in [1.82, 2.24) is 9.78 Å². The molecule has 0 N–H and O–H groups in total. The summed E-state index contributed by atoms with van der Waals surface area (Å²) in [6.07, 6.45) is 7.88. The van der Waals surface area contributed by atoms with E-state index in [-0.39, 0.29) is 5.82 Å². The van der Waals surface area contributed by atoms with Gasteiger partial charge in [-0.3, -0.25) is 4.68 Å². The van der Waals surface area contributed by atoms with Crippen LogP contribution in [0, 0.1) is 31.5 Å². The molecule has 1 fully saturated rings. The van der Waals surface area contributed by atoms with E-state index in [2.05, 4.69) is 30.7 Å². The van der Waals surface area contributed by atoms with Gasteiger partial charge >= 0.3 is 0 Å². The summed E-state index contributed by atoms with van der Waals surface area (Å²) in [4.78, 5) is 0. The smallest absolute Gasteiger partial charge is 0.134 e. The SMILES string of the molecule is CCCC1CCC(Cn2nc(-c3ccccc3)c(-c3cccc(C)c3F)c2C)CC1. The molecule has 0 atom stereocenters. The van der Waals surface area contributed by atoms with Crippen LogP contribution in [0.5, 0.6) is 0 Å². The predicted octanol–water partition coefficient (Wildman–Crippen LogP) is 7.58. The zero-order valence-corrected chi connectivity index (χ0v) is 18.5. The van der Waals surface area contributed by atoms with Crippen molar-refractivity contribution < 1.29 is 4.39 Å². The topological polar surface area (TPSA) is 17.8 Å². The summed E-state index contributed by atoms with van der Waals surface area (Å²) < 4.78 is 17.3. The van der Waals surface area contributed by atoms with E-state index in [0.717, 1.165) is 35.0 Å². The minimum absolute atomic E-state index is 0.141. The first-order valence-corrected chi connectivity index (χ1v) is 11.5. The van der Waals surface area contributed by atoms with Crippen molar-refractivity contribution in [3.05, 3.63) is 65.6 Å². The molecule has 1 heterocycles. The van der Waals surface area contributed by atoms with E-state index in [9.17, 15) is 0 Å². The zero-order valence-electron chi connectivity index (χ0n) is 18.5. The second kappa shape index (κ2) is 9.16. The van der Waals surface area contributed by atoms with Crippen molar-refractivity contribution in [2.24, 2.45) is 11.8 Å². The van der Waals surface area contributed by atoms with Gasteiger partial charge in [-0.25, -0.2) is 4.39 Å². The summed E-state index contributed by atoms with van der Waals surface area (Å²) in [5.41, 5.74) is 5.26. The van der Waals surface area contributed by atoms with Gasteiger partial charge in [0, 0.05) is 28.9 Å². The fraction of sp³-hybridized carbons (Fsp3) is 0.444. The average Bonchev–Trinajstić information content (AvgIpc) is 3.08. The summed E-state index contributed by atoms with van der Waals surface area (Å²) in [5, 5.41) is 5.03. The van der Waals surface area contributed by atoms with Gasteiger partial charge < -0.3 is 0 Å². The highest BCUT2D eigenvalue weighted by molar-refractivity contribution is 5.83. The Morgan fingerprint density at radius 1 is 0.933 bits per heavy atom. The van der Waals surface area contributed by atoms with E-state index in [1.807, 2.05) is 43.3 Å². The van der Waals surface area contributed by atoms with Crippen LogP contribution in [0.25, 0.3) is 22.4 Å². The Kier molecular flexibility index (Phi) is 6.36. The average molecular weight is 405 g/mol. The van der Waals surface area contributed by atoms with Gasteiger partial charge in [0.15, 0.2) is 0 Å². The molecule has 3 heteroatoms. The normalized spacial score (nSPS) is 19.2. The fourth-order valence-corrected chi connectivity index (χ4v) is 5.04. The summed E-state index contributed by atoms with van der Waals surface area (Å²) in [6.45, 7) is 7.14. The number of halogens is 1. The molecule has 0 bridgehead atoms. The molecule has 158 valence electrons. The molecule has 1 aliphatic rings. The predicted molar refractivity (Wildman–Crippen MR) is 123 cm³/mol. The Balaban J connectivity index is 1.69. The fourth-order valence-electron chi connectivity index (χ4n) is 5.04. The Morgan fingerprint density at radius 3 is 2.33 bits per heavy atom. The number of nitrogens with zero attached hydrogens (tertiary/aromatic N) is 2. The van der Waals surface area contributed by atoms with Crippen LogP contribution in [0.1, 0.15) is 56.7 Å². The maximum atomic E-state index is 15.1. The van der Waals surface area contributed by atoms with Crippen molar-refractivity contribution in [3.63, 3.8) is 0 Å². The van der Waals surface area contributed by atoms with Gasteiger partial charge in [0.1, 0.15) is 11.5 Å². The maximum Gasteiger partial charge on any atom is 0.134 e. The van der Waals surface area contributed by atoms with Crippen molar-refractivity contribution in [2.75, 3.05) is 0 Å². The van der Waals surface area contributed by atoms with E-state index in [1.165, 1.54) is 38.5 Å². The Hall–Kier alpha value is -2.42. The molecule has 1 aromatic heterocycles. The third-order valence-electron chi connectivity index (χ3n) is 6.81. The molecular formula is C27H33FN2. The highest BCUT2D eigenvalue weighted by atomic mass is 19.1. The van der Waals surface area contributed by atoms with Gasteiger partial charge in [-0.15, -0.1) is 0 Å². The number of benzene rings is 2. The molecule has 0 spiro atoms. The van der Waals surface area contributed by atoms with E-state index < -0.39 is 0 Å². The van der Waals surface area contributed by atoms with Crippen LogP contribution in [-0.4, -0.2) is 9.78 Å². The van der Waals surface area contributed by atoms with Gasteiger partial charge in [-0.1, -0.05) is 81.1 Å². The third kappa shape index (κ3) is 4.21. The summed E-state index contributed by atoms with van der Waals surface area (Å²) in [7, 11) is 0. The van der Waals surface area contributed by atoms with Gasteiger partial charge in [0.25, 0.3) is 0 Å². The summed E-state index contributed by atoms with van der Waals surface area (Å²) in [6, 6.07) is 15.8. The molecule has 0 aliphatic heterocycles. The maximum absolute atomic E-state index is 15.1. The highest BCUT2D eigenvalue weighted by Gasteiger charge is 2.25. The molecule has 4 rings (SSSR count). The zero-order chi connectivity index (χ0) is 21.1. The van der Waals surface area contributed by atoms with Crippen LogP contribution in [0.2, 0.25) is 0 Å². The van der Waals surface area contributed by atoms with Crippen LogP contribution in [0.4, 0.5) is 4.39 Å². The second-order valence-corrected chi connectivity index (χ2v) is 8.97. The number of hydrogen-bond donors (Lipinski definition) is 0. The number of hydrogen-bond acceptors (Lipinski definition) is 1. The second-order valence-electron chi connectivity index (χ2n) is 8.97. The minimum atomic E-state index is -0.141. The number of rotatable bonds is 6. The number of aromatic nitrogens is 2. The summed E-state index contributed by atoms with van der Waals surface area (Å²) >= 11 is 0. The van der Waals surface area contributed by atoms with Crippen LogP contribution < -0.4 is 0 Å². The first-order chi connectivity index (χ1) is 14.6. The molecule has 30 heavy (non-hydrogen) atoms. The quantitative estimate of drug-likeness (QED) is 0.414. The monoisotopic (exact) mass is 404 g/mol. The molecule has 0 radical (unpaired) electrons. The first-order valence-electron chi connectivity index (χ1n) is 11.5. The molecule has 0 saturated heterocycles. The minimum Gasteiger partial charge on any atom is -0.268 e. The molecule has 0 amide bonds. The van der Waals surface area contributed by atoms with E-state index in [1.54, 1.807) is 0 Å². The van der Waals surface area contributed by atoms with E-state index >= 15 is 4.39 Å². The Morgan fingerprint density at radius 2 is 1.63 bits per heavy atom. The van der Waals surface area contributed by atoms with Crippen LogP contribution in [-0.2, 0) is 6.54 Å². The van der Waals surface area contributed by atoms with Crippen LogP contribution >= 0.6 is 0 Å². The Labute approximate surface area is 180 Å². The van der Waals surface area contributed by atoms with Crippen LogP contribution in [0.3, 0.4) is 0 Å². The lowest BCUT2D eigenvalue weighted by Gasteiger charge is -2.28. The van der Waals surface area contributed by atoms with Gasteiger partial charge in [-0.05, 0) is 44.1 Å². The van der Waals surface area contributed by atoms with Gasteiger partial charge in [-0.2, -0.15) is 5.10 Å². The lowest BCUT2D eigenvalue weighted by Crippen LogP contribution is -2.20. The lowest BCUT2D eigenvalue weighted by atomic mass is 9.80. The van der Waals surface area contributed by atoms with Gasteiger partial charge in [0.05, 0.1) is 0 Å². The van der Waals surface area contributed by atoms with Crippen molar-refractivity contribution in [1.29, 1.82) is 0 Å². The highest BCUT2D eigenvalue weighted by Crippen LogP contribution is 2.38. The molecule has 2 aromatic carbocycles. The molecule has 1 aliphatic carbocycles. The lowest BCUT2D eigenvalue weighted by molar-refractivity contribution is 0.235. The molecule has 1 saturated carbocycles.